The topological polar surface area (TPSA) is 55.1 Å². The Bertz CT molecular complexity index is 577. The van der Waals surface area contributed by atoms with Gasteiger partial charge in [0.25, 0.3) is 0 Å². The second kappa shape index (κ2) is 3.35. The van der Waals surface area contributed by atoms with Crippen molar-refractivity contribution in [3.63, 3.8) is 0 Å². The monoisotopic (exact) mass is 234 g/mol. The van der Waals surface area contributed by atoms with Gasteiger partial charge in [-0.05, 0) is 6.07 Å². The van der Waals surface area contributed by atoms with E-state index in [9.17, 15) is 4.79 Å². The summed E-state index contributed by atoms with van der Waals surface area (Å²) in [7, 11) is 0. The van der Waals surface area contributed by atoms with Gasteiger partial charge in [-0.25, -0.2) is 4.98 Å². The third kappa shape index (κ3) is 1.39. The number of rotatable bonds is 0. The first-order chi connectivity index (χ1) is 7.74. The summed E-state index contributed by atoms with van der Waals surface area (Å²) in [4.78, 5) is 15.8. The van der Waals surface area contributed by atoms with Crippen molar-refractivity contribution in [1.29, 1.82) is 0 Å². The van der Waals surface area contributed by atoms with Gasteiger partial charge in [0.1, 0.15) is 5.15 Å². The maximum Gasteiger partial charge on any atom is 0.204 e. The predicted octanol–water partition coefficient (Wildman–Crippen LogP) is 2.81. The molecule has 2 aromatic heterocycles. The number of hydrogen-bond acceptors (Lipinski definition) is 4. The lowest BCUT2D eigenvalue weighted by Gasteiger charge is -2.05. The predicted molar refractivity (Wildman–Crippen MR) is 59.3 cm³/mol. The van der Waals surface area contributed by atoms with Crippen LogP contribution in [0.25, 0.3) is 0 Å². The largest absolute Gasteiger partial charge is 0.459 e. The molecule has 0 saturated carbocycles. The fourth-order valence-electron chi connectivity index (χ4n) is 1.74. The molecule has 0 atom stereocenters. The molecule has 3 heterocycles. The first-order valence-electron chi connectivity index (χ1n) is 4.76. The van der Waals surface area contributed by atoms with Gasteiger partial charge in [0.05, 0.1) is 12.0 Å². The molecule has 0 radical (unpaired) electrons. The molecule has 0 saturated heterocycles. The summed E-state index contributed by atoms with van der Waals surface area (Å²) in [5, 5.41) is 3.51. The molecule has 5 heteroatoms. The average molecular weight is 235 g/mol. The number of furan rings is 1. The van der Waals surface area contributed by atoms with Crippen LogP contribution in [0.5, 0.6) is 0 Å². The van der Waals surface area contributed by atoms with E-state index in [1.807, 2.05) is 0 Å². The third-order valence-corrected chi connectivity index (χ3v) is 2.70. The summed E-state index contributed by atoms with van der Waals surface area (Å²) in [6.07, 6.45) is 3.37. The Morgan fingerprint density at radius 3 is 3.19 bits per heavy atom. The van der Waals surface area contributed by atoms with Crippen molar-refractivity contribution in [2.24, 2.45) is 0 Å². The van der Waals surface area contributed by atoms with Crippen LogP contribution in [0.4, 0.5) is 11.4 Å². The van der Waals surface area contributed by atoms with Crippen molar-refractivity contribution in [2.75, 3.05) is 5.32 Å². The van der Waals surface area contributed by atoms with Crippen LogP contribution in [0.15, 0.2) is 29.0 Å². The molecule has 0 aromatic carbocycles. The molecule has 80 valence electrons. The summed E-state index contributed by atoms with van der Waals surface area (Å²) in [5.74, 6) is 0.294. The van der Waals surface area contributed by atoms with E-state index in [0.717, 1.165) is 11.3 Å². The molecular formula is C11H7ClN2O2. The minimum absolute atomic E-state index is 0.0598. The van der Waals surface area contributed by atoms with Gasteiger partial charge < -0.3 is 9.73 Å². The highest BCUT2D eigenvalue weighted by Crippen LogP contribution is 2.31. The van der Waals surface area contributed by atoms with Crippen molar-refractivity contribution in [3.05, 3.63) is 41.1 Å². The number of hydrogen-bond donors (Lipinski definition) is 1. The number of anilines is 2. The zero-order valence-electron chi connectivity index (χ0n) is 8.16. The molecule has 1 N–H and O–H groups in total. The molecule has 1 aliphatic heterocycles. The Hall–Kier alpha value is -1.81. The number of aromatic nitrogens is 1. The van der Waals surface area contributed by atoms with Crippen LogP contribution in [-0.2, 0) is 6.42 Å². The molecule has 0 spiro atoms. The number of ketones is 1. The van der Waals surface area contributed by atoms with Gasteiger partial charge in [-0.1, -0.05) is 11.6 Å². The Morgan fingerprint density at radius 1 is 1.44 bits per heavy atom. The van der Waals surface area contributed by atoms with Crippen LogP contribution in [0.3, 0.4) is 0 Å². The first-order valence-corrected chi connectivity index (χ1v) is 5.14. The van der Waals surface area contributed by atoms with E-state index < -0.39 is 0 Å². The van der Waals surface area contributed by atoms with E-state index in [1.54, 1.807) is 18.3 Å². The van der Waals surface area contributed by atoms with Crippen LogP contribution >= 0.6 is 11.6 Å². The number of nitrogens with zero attached hydrogens (tertiary/aromatic N) is 1. The summed E-state index contributed by atoms with van der Waals surface area (Å²) >= 11 is 5.81. The second-order valence-electron chi connectivity index (χ2n) is 3.55. The van der Waals surface area contributed by atoms with Gasteiger partial charge in [-0.15, -0.1) is 0 Å². The van der Waals surface area contributed by atoms with Gasteiger partial charge in [-0.3, -0.25) is 4.79 Å². The van der Waals surface area contributed by atoms with Gasteiger partial charge >= 0.3 is 0 Å². The molecule has 16 heavy (non-hydrogen) atoms. The fourth-order valence-corrected chi connectivity index (χ4v) is 1.90. The highest BCUT2D eigenvalue weighted by Gasteiger charge is 2.22. The highest BCUT2D eigenvalue weighted by molar-refractivity contribution is 6.29. The number of pyridine rings is 1. The standard InChI is InChI=1S/C11H7ClN2O2/c12-10-4-8-6(5-13-10)3-9(15)11-7(14-8)1-2-16-11/h1-2,4-5,14H,3H2. The van der Waals surface area contributed by atoms with E-state index in [2.05, 4.69) is 10.3 Å². The van der Waals surface area contributed by atoms with Crippen LogP contribution < -0.4 is 5.32 Å². The normalized spacial score (nSPS) is 13.7. The summed E-state index contributed by atoms with van der Waals surface area (Å²) in [5.41, 5.74) is 2.29. The summed E-state index contributed by atoms with van der Waals surface area (Å²) in [6.45, 7) is 0. The Kier molecular flexibility index (Phi) is 1.97. The molecule has 0 fully saturated rings. The van der Waals surface area contributed by atoms with Gasteiger partial charge in [0.15, 0.2) is 5.76 Å². The van der Waals surface area contributed by atoms with Crippen molar-refractivity contribution in [3.8, 4) is 0 Å². The second-order valence-corrected chi connectivity index (χ2v) is 3.94. The van der Waals surface area contributed by atoms with Crippen LogP contribution in [0.1, 0.15) is 16.1 Å². The molecule has 0 amide bonds. The molecule has 2 aromatic rings. The number of carbonyl (C=O) groups excluding carboxylic acids is 1. The van der Waals surface area contributed by atoms with Crippen LogP contribution in [0, 0.1) is 0 Å². The zero-order valence-corrected chi connectivity index (χ0v) is 8.91. The zero-order chi connectivity index (χ0) is 11.1. The lowest BCUT2D eigenvalue weighted by molar-refractivity contribution is 0.0968. The summed E-state index contributed by atoms with van der Waals surface area (Å²) in [6, 6.07) is 3.42. The van der Waals surface area contributed by atoms with Crippen molar-refractivity contribution in [1.82, 2.24) is 4.98 Å². The SMILES string of the molecule is O=C1Cc2cnc(Cl)cc2Nc2ccoc21. The minimum Gasteiger partial charge on any atom is -0.459 e. The van der Waals surface area contributed by atoms with Gasteiger partial charge in [0, 0.05) is 29.9 Å². The molecule has 0 unspecified atom stereocenters. The number of halogens is 1. The Morgan fingerprint density at radius 2 is 2.31 bits per heavy atom. The third-order valence-electron chi connectivity index (χ3n) is 2.49. The molecule has 4 nitrogen and oxygen atoms in total. The highest BCUT2D eigenvalue weighted by atomic mass is 35.5. The lowest BCUT2D eigenvalue weighted by Crippen LogP contribution is -2.00. The van der Waals surface area contributed by atoms with E-state index in [0.29, 0.717) is 16.6 Å². The van der Waals surface area contributed by atoms with E-state index >= 15 is 0 Å². The molecular weight excluding hydrogens is 228 g/mol. The van der Waals surface area contributed by atoms with Gasteiger partial charge in [0.2, 0.25) is 5.78 Å². The van der Waals surface area contributed by atoms with Crippen molar-refractivity contribution >= 4 is 28.8 Å². The molecule has 1 aliphatic rings. The quantitative estimate of drug-likeness (QED) is 0.712. The van der Waals surface area contributed by atoms with E-state index in [4.69, 9.17) is 16.0 Å². The Labute approximate surface area is 96.2 Å². The van der Waals surface area contributed by atoms with Gasteiger partial charge in [-0.2, -0.15) is 0 Å². The smallest absolute Gasteiger partial charge is 0.204 e. The lowest BCUT2D eigenvalue weighted by atomic mass is 10.1. The Balaban J connectivity index is 2.17. The number of carbonyl (C=O) groups is 1. The van der Waals surface area contributed by atoms with Crippen LogP contribution in [-0.4, -0.2) is 10.8 Å². The maximum atomic E-state index is 11.8. The average Bonchev–Trinajstić information content (AvgIpc) is 2.65. The molecule has 0 bridgehead atoms. The molecule has 0 aliphatic carbocycles. The van der Waals surface area contributed by atoms with Crippen molar-refractivity contribution < 1.29 is 9.21 Å². The minimum atomic E-state index is -0.0598. The van der Waals surface area contributed by atoms with E-state index in [1.165, 1.54) is 6.26 Å². The van der Waals surface area contributed by atoms with E-state index in [-0.39, 0.29) is 12.2 Å². The van der Waals surface area contributed by atoms with Crippen molar-refractivity contribution in [2.45, 2.75) is 6.42 Å². The van der Waals surface area contributed by atoms with Crippen LogP contribution in [0.2, 0.25) is 5.15 Å². The summed E-state index contributed by atoms with van der Waals surface area (Å²) < 4.78 is 5.14. The molecule has 3 rings (SSSR count). The number of fused-ring (bicyclic) bond motifs is 2. The first kappa shape index (κ1) is 9.42. The number of Topliss-reactive ketones (excluding diaryl/α,β-unsaturated/α-hetero) is 1. The fraction of sp³-hybridized carbons (Fsp3) is 0.0909. The maximum absolute atomic E-state index is 11.8. The number of nitrogens with one attached hydrogen (secondary N) is 1.